The van der Waals surface area contributed by atoms with Gasteiger partial charge in [0.25, 0.3) is 0 Å². The number of rotatable bonds is 7. The lowest BCUT2D eigenvalue weighted by molar-refractivity contribution is 0.155. The molecule has 3 aromatic carbocycles. The van der Waals surface area contributed by atoms with Crippen LogP contribution in [0.5, 0.6) is 0 Å². The molecule has 0 bridgehead atoms. The van der Waals surface area contributed by atoms with Crippen molar-refractivity contribution in [3.8, 4) is 0 Å². The first-order chi connectivity index (χ1) is 14.2. The second kappa shape index (κ2) is 8.43. The van der Waals surface area contributed by atoms with Gasteiger partial charge in [0.15, 0.2) is 0 Å². The zero-order chi connectivity index (χ0) is 20.1. The summed E-state index contributed by atoms with van der Waals surface area (Å²) < 4.78 is 2.03. The van der Waals surface area contributed by atoms with Crippen molar-refractivity contribution in [1.29, 1.82) is 0 Å². The molecule has 0 aliphatic rings. The summed E-state index contributed by atoms with van der Waals surface area (Å²) in [6.45, 7) is 2.26. The highest BCUT2D eigenvalue weighted by Crippen LogP contribution is 2.40. The molecule has 0 amide bonds. The minimum atomic E-state index is -0.604. The standard InChI is InChI=1S/C25H25N3O/c1-20(29)26-17-21-18-27-28(19-21)25(22-11-5-2-6-12-22,23-13-7-3-8-14-23)24-15-9-4-10-16-24/h2-16,18-20,26,29H,17H2,1H3. The fourth-order valence-electron chi connectivity index (χ4n) is 3.84. The summed E-state index contributed by atoms with van der Waals surface area (Å²) >= 11 is 0. The number of nitrogens with zero attached hydrogens (tertiary/aromatic N) is 2. The molecule has 0 saturated carbocycles. The summed E-state index contributed by atoms with van der Waals surface area (Å²) in [5.41, 5.74) is 3.81. The van der Waals surface area contributed by atoms with Gasteiger partial charge < -0.3 is 5.11 Å². The Balaban J connectivity index is 1.96. The fourth-order valence-corrected chi connectivity index (χ4v) is 3.84. The van der Waals surface area contributed by atoms with E-state index < -0.39 is 11.8 Å². The Morgan fingerprint density at radius 2 is 1.28 bits per heavy atom. The first-order valence-corrected chi connectivity index (χ1v) is 9.83. The second-order valence-electron chi connectivity index (χ2n) is 7.16. The van der Waals surface area contributed by atoms with E-state index in [9.17, 15) is 5.11 Å². The van der Waals surface area contributed by atoms with Gasteiger partial charge in [0.05, 0.1) is 6.20 Å². The predicted octanol–water partition coefficient (Wildman–Crippen LogP) is 4.15. The molecule has 0 fully saturated rings. The maximum absolute atomic E-state index is 9.58. The van der Waals surface area contributed by atoms with E-state index in [4.69, 9.17) is 5.10 Å². The second-order valence-corrected chi connectivity index (χ2v) is 7.16. The van der Waals surface area contributed by atoms with E-state index in [1.807, 2.05) is 29.1 Å². The van der Waals surface area contributed by atoms with Crippen LogP contribution in [0.15, 0.2) is 103 Å². The van der Waals surface area contributed by atoms with E-state index >= 15 is 0 Å². The molecule has 1 unspecified atom stereocenters. The summed E-state index contributed by atoms with van der Waals surface area (Å²) in [5.74, 6) is 0. The van der Waals surface area contributed by atoms with Crippen LogP contribution in [0.3, 0.4) is 0 Å². The first kappa shape index (κ1) is 19.1. The topological polar surface area (TPSA) is 50.1 Å². The van der Waals surface area contributed by atoms with Crippen molar-refractivity contribution in [1.82, 2.24) is 15.1 Å². The van der Waals surface area contributed by atoms with Crippen LogP contribution in [-0.4, -0.2) is 21.1 Å². The summed E-state index contributed by atoms with van der Waals surface area (Å²) in [4.78, 5) is 0. The fraction of sp³-hybridized carbons (Fsp3) is 0.160. The van der Waals surface area contributed by atoms with E-state index in [0.29, 0.717) is 6.54 Å². The Hall–Kier alpha value is -3.21. The number of aliphatic hydroxyl groups is 1. The SMILES string of the molecule is CC(O)NCc1cnn(C(c2ccccc2)(c2ccccc2)c2ccccc2)c1. The number of benzene rings is 3. The summed E-state index contributed by atoms with van der Waals surface area (Å²) in [6.07, 6.45) is 3.35. The van der Waals surface area contributed by atoms with Gasteiger partial charge in [-0.3, -0.25) is 10.00 Å². The van der Waals surface area contributed by atoms with Gasteiger partial charge in [-0.2, -0.15) is 5.10 Å². The van der Waals surface area contributed by atoms with Crippen molar-refractivity contribution in [3.05, 3.63) is 126 Å². The molecule has 0 saturated heterocycles. The number of hydrogen-bond donors (Lipinski definition) is 2. The highest BCUT2D eigenvalue weighted by molar-refractivity contribution is 5.50. The Morgan fingerprint density at radius 3 is 1.69 bits per heavy atom. The molecule has 4 heteroatoms. The van der Waals surface area contributed by atoms with Gasteiger partial charge in [-0.25, -0.2) is 0 Å². The molecule has 0 radical (unpaired) electrons. The maximum Gasteiger partial charge on any atom is 0.138 e. The summed E-state index contributed by atoms with van der Waals surface area (Å²) in [7, 11) is 0. The highest BCUT2D eigenvalue weighted by Gasteiger charge is 2.39. The van der Waals surface area contributed by atoms with Crippen molar-refractivity contribution in [2.45, 2.75) is 25.2 Å². The monoisotopic (exact) mass is 383 g/mol. The van der Waals surface area contributed by atoms with Crippen LogP contribution in [-0.2, 0) is 12.1 Å². The maximum atomic E-state index is 9.58. The van der Waals surface area contributed by atoms with Crippen molar-refractivity contribution in [2.75, 3.05) is 0 Å². The Morgan fingerprint density at radius 1 is 0.828 bits per heavy atom. The van der Waals surface area contributed by atoms with Crippen molar-refractivity contribution >= 4 is 0 Å². The van der Waals surface area contributed by atoms with E-state index in [-0.39, 0.29) is 0 Å². The summed E-state index contributed by atoms with van der Waals surface area (Å²) in [5, 5.41) is 17.4. The third-order valence-corrected chi connectivity index (χ3v) is 5.16. The first-order valence-electron chi connectivity index (χ1n) is 9.83. The molecule has 1 aromatic heterocycles. The zero-order valence-corrected chi connectivity index (χ0v) is 16.4. The van der Waals surface area contributed by atoms with Crippen LogP contribution in [0.1, 0.15) is 29.2 Å². The van der Waals surface area contributed by atoms with Gasteiger partial charge in [-0.05, 0) is 23.6 Å². The van der Waals surface area contributed by atoms with Gasteiger partial charge in [-0.15, -0.1) is 0 Å². The zero-order valence-electron chi connectivity index (χ0n) is 16.4. The van der Waals surface area contributed by atoms with Crippen molar-refractivity contribution in [3.63, 3.8) is 0 Å². The van der Waals surface area contributed by atoms with E-state index in [0.717, 1.165) is 22.3 Å². The molecule has 4 aromatic rings. The van der Waals surface area contributed by atoms with Crippen molar-refractivity contribution < 1.29 is 5.11 Å². The van der Waals surface area contributed by atoms with Gasteiger partial charge in [0.2, 0.25) is 0 Å². The smallest absolute Gasteiger partial charge is 0.138 e. The molecular formula is C25H25N3O. The minimum Gasteiger partial charge on any atom is -0.379 e. The van der Waals surface area contributed by atoms with Crippen LogP contribution < -0.4 is 5.32 Å². The van der Waals surface area contributed by atoms with Gasteiger partial charge in [-0.1, -0.05) is 91.0 Å². The van der Waals surface area contributed by atoms with Gasteiger partial charge in [0.1, 0.15) is 11.8 Å². The third-order valence-electron chi connectivity index (χ3n) is 5.16. The van der Waals surface area contributed by atoms with E-state index in [1.54, 1.807) is 6.92 Å². The summed E-state index contributed by atoms with van der Waals surface area (Å²) in [6, 6.07) is 31.4. The molecule has 1 atom stereocenters. The van der Waals surface area contributed by atoms with Crippen LogP contribution in [0.4, 0.5) is 0 Å². The quantitative estimate of drug-likeness (QED) is 0.372. The average Bonchev–Trinajstić information content (AvgIpc) is 3.24. The Bertz CT molecular complexity index is 931. The normalized spacial score (nSPS) is 12.6. The lowest BCUT2D eigenvalue weighted by Gasteiger charge is -2.36. The molecule has 29 heavy (non-hydrogen) atoms. The number of hydrogen-bond acceptors (Lipinski definition) is 3. The van der Waals surface area contributed by atoms with Crippen LogP contribution in [0.2, 0.25) is 0 Å². The molecular weight excluding hydrogens is 358 g/mol. The lowest BCUT2D eigenvalue weighted by atomic mass is 9.77. The minimum absolute atomic E-state index is 0.548. The molecule has 4 nitrogen and oxygen atoms in total. The van der Waals surface area contributed by atoms with E-state index in [2.05, 4.69) is 84.3 Å². The largest absolute Gasteiger partial charge is 0.379 e. The molecule has 0 spiro atoms. The average molecular weight is 383 g/mol. The molecule has 146 valence electrons. The molecule has 1 heterocycles. The van der Waals surface area contributed by atoms with Crippen molar-refractivity contribution in [2.24, 2.45) is 0 Å². The third kappa shape index (κ3) is 3.73. The van der Waals surface area contributed by atoms with Crippen LogP contribution >= 0.6 is 0 Å². The van der Waals surface area contributed by atoms with Crippen LogP contribution in [0, 0.1) is 0 Å². The van der Waals surface area contributed by atoms with E-state index in [1.165, 1.54) is 0 Å². The molecule has 2 N–H and O–H groups in total. The van der Waals surface area contributed by atoms with Gasteiger partial charge in [0, 0.05) is 18.3 Å². The number of aliphatic hydroxyl groups excluding tert-OH is 1. The lowest BCUT2D eigenvalue weighted by Crippen LogP contribution is -2.38. The highest BCUT2D eigenvalue weighted by atomic mass is 16.3. The molecule has 0 aliphatic carbocycles. The molecule has 0 aliphatic heterocycles. The number of nitrogens with one attached hydrogen (secondary N) is 1. The predicted molar refractivity (Wildman–Crippen MR) is 115 cm³/mol. The van der Waals surface area contributed by atoms with Gasteiger partial charge >= 0.3 is 0 Å². The Kier molecular flexibility index (Phi) is 5.56. The molecule has 4 rings (SSSR count). The number of aromatic nitrogens is 2. The van der Waals surface area contributed by atoms with Crippen LogP contribution in [0.25, 0.3) is 0 Å². The Labute approximate surface area is 171 Å².